The Morgan fingerprint density at radius 3 is 2.78 bits per heavy atom. The first kappa shape index (κ1) is 15.6. The summed E-state index contributed by atoms with van der Waals surface area (Å²) in [5, 5.41) is 9.09. The van der Waals surface area contributed by atoms with E-state index < -0.39 is 0 Å². The van der Waals surface area contributed by atoms with Crippen molar-refractivity contribution < 1.29 is 4.42 Å². The van der Waals surface area contributed by atoms with Gasteiger partial charge in [-0.25, -0.2) is 9.50 Å². The standard InChI is InChI=1S/C21H17N5O/c1-2-7-18-15(5-1)13-19(27-18)17-14-24-21-9-8-20(25-26(17)21)23-12-10-16-6-3-4-11-22-16/h1-9,11,13-14H,10,12H2,(H,23,25). The van der Waals surface area contributed by atoms with Gasteiger partial charge in [0, 0.05) is 30.2 Å². The second-order valence-electron chi connectivity index (χ2n) is 6.28. The van der Waals surface area contributed by atoms with Crippen LogP contribution in [0.1, 0.15) is 5.69 Å². The van der Waals surface area contributed by atoms with E-state index in [0.717, 1.165) is 52.5 Å². The Bertz CT molecular complexity index is 1180. The molecular formula is C21H17N5O. The predicted molar refractivity (Wildman–Crippen MR) is 105 cm³/mol. The number of imidazole rings is 1. The van der Waals surface area contributed by atoms with Gasteiger partial charge < -0.3 is 9.73 Å². The zero-order valence-electron chi connectivity index (χ0n) is 14.5. The van der Waals surface area contributed by atoms with E-state index in [-0.39, 0.29) is 0 Å². The van der Waals surface area contributed by atoms with Crippen molar-refractivity contribution in [3.63, 3.8) is 0 Å². The van der Waals surface area contributed by atoms with E-state index in [1.54, 1.807) is 10.7 Å². The number of nitrogens with one attached hydrogen (secondary N) is 1. The van der Waals surface area contributed by atoms with Crippen LogP contribution in [0.2, 0.25) is 0 Å². The Hall–Kier alpha value is -3.67. The minimum atomic E-state index is 0.752. The average molecular weight is 355 g/mol. The van der Waals surface area contributed by atoms with Crippen LogP contribution in [0.3, 0.4) is 0 Å². The highest BCUT2D eigenvalue weighted by Gasteiger charge is 2.12. The van der Waals surface area contributed by atoms with Gasteiger partial charge in [0.05, 0.1) is 6.20 Å². The highest BCUT2D eigenvalue weighted by molar-refractivity contribution is 5.82. The number of anilines is 1. The van der Waals surface area contributed by atoms with Crippen LogP contribution < -0.4 is 5.32 Å². The number of aromatic nitrogens is 4. The number of pyridine rings is 1. The number of rotatable bonds is 5. The highest BCUT2D eigenvalue weighted by Crippen LogP contribution is 2.28. The average Bonchev–Trinajstić information content (AvgIpc) is 3.32. The smallest absolute Gasteiger partial charge is 0.155 e. The maximum Gasteiger partial charge on any atom is 0.155 e. The van der Waals surface area contributed by atoms with E-state index in [1.807, 2.05) is 66.9 Å². The lowest BCUT2D eigenvalue weighted by Crippen LogP contribution is -2.08. The lowest BCUT2D eigenvalue weighted by atomic mass is 10.2. The van der Waals surface area contributed by atoms with Gasteiger partial charge >= 0.3 is 0 Å². The fourth-order valence-corrected chi connectivity index (χ4v) is 3.11. The molecule has 0 aliphatic carbocycles. The molecule has 0 radical (unpaired) electrons. The van der Waals surface area contributed by atoms with Crippen molar-refractivity contribution in [1.82, 2.24) is 19.6 Å². The second-order valence-corrected chi connectivity index (χ2v) is 6.28. The Morgan fingerprint density at radius 2 is 1.89 bits per heavy atom. The number of hydrogen-bond donors (Lipinski definition) is 1. The molecule has 5 aromatic rings. The van der Waals surface area contributed by atoms with Crippen molar-refractivity contribution >= 4 is 22.4 Å². The Morgan fingerprint density at radius 1 is 0.963 bits per heavy atom. The monoisotopic (exact) mass is 355 g/mol. The van der Waals surface area contributed by atoms with E-state index in [9.17, 15) is 0 Å². The molecule has 132 valence electrons. The molecule has 0 atom stereocenters. The second kappa shape index (κ2) is 6.57. The van der Waals surface area contributed by atoms with Crippen molar-refractivity contribution in [2.45, 2.75) is 6.42 Å². The quantitative estimate of drug-likeness (QED) is 0.512. The Kier molecular flexibility index (Phi) is 3.79. The third kappa shape index (κ3) is 3.01. The maximum atomic E-state index is 5.97. The number of fused-ring (bicyclic) bond motifs is 2. The Balaban J connectivity index is 1.42. The molecule has 0 fully saturated rings. The molecule has 0 aliphatic rings. The van der Waals surface area contributed by atoms with Gasteiger partial charge in [0.25, 0.3) is 0 Å². The van der Waals surface area contributed by atoms with Crippen LogP contribution in [0.25, 0.3) is 28.1 Å². The topological polar surface area (TPSA) is 68.2 Å². The number of para-hydroxylation sites is 1. The van der Waals surface area contributed by atoms with Crippen LogP contribution in [0.5, 0.6) is 0 Å². The van der Waals surface area contributed by atoms with Crippen molar-refractivity contribution in [2.75, 3.05) is 11.9 Å². The summed E-state index contributed by atoms with van der Waals surface area (Å²) in [6, 6.07) is 19.8. The zero-order valence-corrected chi connectivity index (χ0v) is 14.5. The molecule has 5 rings (SSSR count). The largest absolute Gasteiger partial charge is 0.454 e. The van der Waals surface area contributed by atoms with Gasteiger partial charge in [0.15, 0.2) is 11.4 Å². The van der Waals surface area contributed by atoms with Crippen molar-refractivity contribution in [2.24, 2.45) is 0 Å². The van der Waals surface area contributed by atoms with Gasteiger partial charge in [0.1, 0.15) is 17.1 Å². The highest BCUT2D eigenvalue weighted by atomic mass is 16.3. The molecule has 27 heavy (non-hydrogen) atoms. The first-order valence-electron chi connectivity index (χ1n) is 8.84. The van der Waals surface area contributed by atoms with Crippen LogP contribution in [0.4, 0.5) is 5.82 Å². The molecule has 1 aromatic carbocycles. The molecule has 0 unspecified atom stereocenters. The molecule has 6 nitrogen and oxygen atoms in total. The van der Waals surface area contributed by atoms with E-state index in [0.29, 0.717) is 0 Å². The molecule has 0 amide bonds. The zero-order chi connectivity index (χ0) is 18.1. The van der Waals surface area contributed by atoms with E-state index in [2.05, 4.69) is 20.4 Å². The third-order valence-corrected chi connectivity index (χ3v) is 4.45. The van der Waals surface area contributed by atoms with E-state index in [4.69, 9.17) is 4.42 Å². The lowest BCUT2D eigenvalue weighted by molar-refractivity contribution is 0.625. The summed E-state index contributed by atoms with van der Waals surface area (Å²) < 4.78 is 7.78. The molecule has 1 N–H and O–H groups in total. The lowest BCUT2D eigenvalue weighted by Gasteiger charge is -2.06. The minimum Gasteiger partial charge on any atom is -0.454 e. The van der Waals surface area contributed by atoms with E-state index >= 15 is 0 Å². The van der Waals surface area contributed by atoms with Gasteiger partial charge in [-0.2, -0.15) is 0 Å². The SMILES string of the molecule is c1ccc(CCNc2ccc3ncc(-c4cc5ccccc5o4)n3n2)nc1. The third-order valence-electron chi connectivity index (χ3n) is 4.45. The predicted octanol–water partition coefficient (Wildman–Crippen LogP) is 4.19. The summed E-state index contributed by atoms with van der Waals surface area (Å²) in [5.41, 5.74) is 3.51. The number of benzene rings is 1. The molecule has 6 heteroatoms. The summed E-state index contributed by atoms with van der Waals surface area (Å²) in [7, 11) is 0. The molecule has 0 saturated carbocycles. The number of hydrogen-bond acceptors (Lipinski definition) is 5. The molecule has 0 aliphatic heterocycles. The van der Waals surface area contributed by atoms with Crippen LogP contribution in [0.15, 0.2) is 77.5 Å². The minimum absolute atomic E-state index is 0.752. The molecule has 0 bridgehead atoms. The normalized spacial score (nSPS) is 11.3. The van der Waals surface area contributed by atoms with Gasteiger partial charge in [-0.3, -0.25) is 4.98 Å². The van der Waals surface area contributed by atoms with Crippen LogP contribution in [-0.4, -0.2) is 26.1 Å². The summed E-state index contributed by atoms with van der Waals surface area (Å²) in [4.78, 5) is 8.77. The number of nitrogens with zero attached hydrogens (tertiary/aromatic N) is 4. The van der Waals surface area contributed by atoms with Gasteiger partial charge in [0.2, 0.25) is 0 Å². The molecule has 0 saturated heterocycles. The van der Waals surface area contributed by atoms with Gasteiger partial charge in [-0.15, -0.1) is 5.10 Å². The van der Waals surface area contributed by atoms with Crippen molar-refractivity contribution in [3.05, 3.63) is 78.8 Å². The number of furan rings is 1. The molecule has 4 aromatic heterocycles. The fraction of sp³-hybridized carbons (Fsp3) is 0.0952. The van der Waals surface area contributed by atoms with Crippen LogP contribution in [0, 0.1) is 0 Å². The fourth-order valence-electron chi connectivity index (χ4n) is 3.11. The van der Waals surface area contributed by atoms with Crippen molar-refractivity contribution in [1.29, 1.82) is 0 Å². The van der Waals surface area contributed by atoms with Gasteiger partial charge in [-0.1, -0.05) is 24.3 Å². The molecule has 4 heterocycles. The Labute approximate surface area is 155 Å². The summed E-state index contributed by atoms with van der Waals surface area (Å²) in [6.07, 6.45) is 4.43. The first-order valence-corrected chi connectivity index (χ1v) is 8.84. The summed E-state index contributed by atoms with van der Waals surface area (Å²) in [6.45, 7) is 0.754. The van der Waals surface area contributed by atoms with Gasteiger partial charge in [-0.05, 0) is 36.4 Å². The first-order chi connectivity index (χ1) is 13.4. The van der Waals surface area contributed by atoms with Crippen LogP contribution in [-0.2, 0) is 6.42 Å². The summed E-state index contributed by atoms with van der Waals surface area (Å²) >= 11 is 0. The van der Waals surface area contributed by atoms with Crippen LogP contribution >= 0.6 is 0 Å². The molecular weight excluding hydrogens is 338 g/mol. The maximum absolute atomic E-state index is 5.97. The van der Waals surface area contributed by atoms with E-state index in [1.165, 1.54) is 0 Å². The summed E-state index contributed by atoms with van der Waals surface area (Å²) in [5.74, 6) is 1.54. The van der Waals surface area contributed by atoms with Crippen molar-refractivity contribution in [3.8, 4) is 11.5 Å². The molecule has 0 spiro atoms.